The van der Waals surface area contributed by atoms with E-state index in [1.807, 2.05) is 0 Å². The number of hydrogen-bond acceptors (Lipinski definition) is 6. The van der Waals surface area contributed by atoms with E-state index < -0.39 is 17.7 Å². The average Bonchev–Trinajstić information content (AvgIpc) is 3.10. The zero-order valence-electron chi connectivity index (χ0n) is 15.1. The number of anilines is 1. The minimum atomic E-state index is -1.07. The van der Waals surface area contributed by atoms with Crippen molar-refractivity contribution in [2.45, 2.75) is 6.92 Å². The molecule has 0 atom stereocenters. The van der Waals surface area contributed by atoms with Crippen molar-refractivity contribution in [3.63, 3.8) is 0 Å². The molecule has 1 heterocycles. The number of amides is 1. The van der Waals surface area contributed by atoms with Gasteiger partial charge in [0.05, 0.1) is 12.7 Å². The number of carboxylic acids is 1. The molecule has 0 bridgehead atoms. The molecule has 1 aromatic heterocycles. The van der Waals surface area contributed by atoms with Gasteiger partial charge in [-0.25, -0.2) is 14.4 Å². The third kappa shape index (κ3) is 3.34. The Morgan fingerprint density at radius 3 is 2.39 bits per heavy atom. The highest BCUT2D eigenvalue weighted by Crippen LogP contribution is 2.20. The Morgan fingerprint density at radius 2 is 1.79 bits per heavy atom. The van der Waals surface area contributed by atoms with Gasteiger partial charge in [0, 0.05) is 12.2 Å². The number of benzene rings is 2. The quantitative estimate of drug-likeness (QED) is 0.665. The van der Waals surface area contributed by atoms with Gasteiger partial charge in [0.25, 0.3) is 0 Å². The average molecular weight is 383 g/mol. The lowest BCUT2D eigenvalue weighted by Gasteiger charge is -2.19. The van der Waals surface area contributed by atoms with Crippen molar-refractivity contribution < 1.29 is 19.4 Å². The molecule has 1 N–H and O–H groups in total. The normalized spacial score (nSPS) is 10.5. The highest BCUT2D eigenvalue weighted by molar-refractivity contribution is 5.94. The largest absolute Gasteiger partial charge is 0.494 e. The van der Waals surface area contributed by atoms with Crippen LogP contribution in [0.15, 0.2) is 53.3 Å². The lowest BCUT2D eigenvalue weighted by Crippen LogP contribution is -2.41. The third-order valence-electron chi connectivity index (χ3n) is 4.05. The molecular formula is C18H17N5O5. The van der Waals surface area contributed by atoms with Crippen molar-refractivity contribution in [1.29, 1.82) is 0 Å². The lowest BCUT2D eigenvalue weighted by atomic mass is 10.2. The summed E-state index contributed by atoms with van der Waals surface area (Å²) in [5, 5.41) is 16.5. The first-order chi connectivity index (χ1) is 13.5. The maximum atomic E-state index is 12.8. The summed E-state index contributed by atoms with van der Waals surface area (Å²) in [5.74, 6) is -0.669. The van der Waals surface area contributed by atoms with E-state index in [-0.39, 0.29) is 12.1 Å². The number of aromatic carboxylic acids is 1. The Bertz CT molecular complexity index is 1070. The predicted octanol–water partition coefficient (Wildman–Crippen LogP) is 1.63. The maximum Gasteiger partial charge on any atom is 0.377 e. The minimum absolute atomic E-state index is 0.0894. The van der Waals surface area contributed by atoms with Crippen LogP contribution in [0.2, 0.25) is 0 Å². The lowest BCUT2D eigenvalue weighted by molar-refractivity contribution is 0.0697. The van der Waals surface area contributed by atoms with E-state index >= 15 is 0 Å². The van der Waals surface area contributed by atoms with Crippen molar-refractivity contribution in [3.8, 4) is 11.4 Å². The summed E-state index contributed by atoms with van der Waals surface area (Å²) in [6.07, 6.45) is 0. The Hall–Kier alpha value is -3.95. The van der Waals surface area contributed by atoms with E-state index in [0.717, 1.165) is 4.68 Å². The molecule has 3 aromatic rings. The molecule has 144 valence electrons. The summed E-state index contributed by atoms with van der Waals surface area (Å²) >= 11 is 0. The molecule has 3 rings (SSSR count). The van der Waals surface area contributed by atoms with E-state index in [0.29, 0.717) is 21.8 Å². The second kappa shape index (κ2) is 7.74. The van der Waals surface area contributed by atoms with Crippen molar-refractivity contribution in [1.82, 2.24) is 19.8 Å². The fourth-order valence-electron chi connectivity index (χ4n) is 2.65. The van der Waals surface area contributed by atoms with Crippen LogP contribution < -0.4 is 15.3 Å². The number of carbonyl (C=O) groups is 2. The van der Waals surface area contributed by atoms with E-state index in [1.54, 1.807) is 31.2 Å². The number of carboxylic acid groups (broad SMARTS) is 1. The van der Waals surface area contributed by atoms with Gasteiger partial charge < -0.3 is 9.84 Å². The number of nitrogens with zero attached hydrogens (tertiary/aromatic N) is 5. The van der Waals surface area contributed by atoms with Crippen LogP contribution in [0.5, 0.6) is 5.75 Å². The first-order valence-corrected chi connectivity index (χ1v) is 8.31. The van der Waals surface area contributed by atoms with Gasteiger partial charge in [-0.2, -0.15) is 4.68 Å². The van der Waals surface area contributed by atoms with Crippen LogP contribution in [-0.4, -0.2) is 50.6 Å². The minimum Gasteiger partial charge on any atom is -0.494 e. The van der Waals surface area contributed by atoms with Crippen LogP contribution in [-0.2, 0) is 0 Å². The number of rotatable bonds is 5. The van der Waals surface area contributed by atoms with E-state index in [2.05, 4.69) is 10.4 Å². The van der Waals surface area contributed by atoms with Crippen LogP contribution in [0.4, 0.5) is 10.5 Å². The van der Waals surface area contributed by atoms with Gasteiger partial charge >= 0.3 is 17.7 Å². The molecule has 0 fully saturated rings. The highest BCUT2D eigenvalue weighted by Gasteiger charge is 2.23. The van der Waals surface area contributed by atoms with Gasteiger partial charge in [0.1, 0.15) is 11.4 Å². The smallest absolute Gasteiger partial charge is 0.377 e. The van der Waals surface area contributed by atoms with Crippen molar-refractivity contribution in [2.24, 2.45) is 0 Å². The summed E-state index contributed by atoms with van der Waals surface area (Å²) in [4.78, 5) is 37.8. The summed E-state index contributed by atoms with van der Waals surface area (Å²) in [5.41, 5.74) is 0.112. The Labute approximate surface area is 159 Å². The van der Waals surface area contributed by atoms with Gasteiger partial charge in [-0.05, 0) is 53.7 Å². The molecule has 0 unspecified atom stereocenters. The Morgan fingerprint density at radius 1 is 1.11 bits per heavy atom. The van der Waals surface area contributed by atoms with E-state index in [4.69, 9.17) is 9.84 Å². The molecule has 10 nitrogen and oxygen atoms in total. The third-order valence-corrected chi connectivity index (χ3v) is 4.05. The van der Waals surface area contributed by atoms with Crippen molar-refractivity contribution in [2.75, 3.05) is 18.6 Å². The monoisotopic (exact) mass is 383 g/mol. The summed E-state index contributed by atoms with van der Waals surface area (Å²) in [6.45, 7) is 1.96. The molecule has 0 saturated carbocycles. The van der Waals surface area contributed by atoms with Gasteiger partial charge in [-0.15, -0.1) is 4.68 Å². The number of methoxy groups -OCH3 is 1. The van der Waals surface area contributed by atoms with Crippen LogP contribution in [0.3, 0.4) is 0 Å². The fraction of sp³-hybridized carbons (Fsp3) is 0.167. The Balaban J connectivity index is 1.97. The van der Waals surface area contributed by atoms with E-state index in [9.17, 15) is 14.4 Å². The Kier molecular flexibility index (Phi) is 5.21. The van der Waals surface area contributed by atoms with Crippen LogP contribution in [0.1, 0.15) is 17.3 Å². The molecule has 0 saturated heterocycles. The molecule has 0 aliphatic heterocycles. The van der Waals surface area contributed by atoms with Crippen molar-refractivity contribution in [3.05, 3.63) is 64.6 Å². The molecule has 0 aliphatic rings. The predicted molar refractivity (Wildman–Crippen MR) is 99.4 cm³/mol. The number of tetrazole rings is 1. The zero-order chi connectivity index (χ0) is 20.3. The second-order valence-corrected chi connectivity index (χ2v) is 5.64. The number of aromatic nitrogens is 4. The number of carbonyl (C=O) groups excluding carboxylic acids is 1. The van der Waals surface area contributed by atoms with Crippen LogP contribution in [0.25, 0.3) is 5.69 Å². The van der Waals surface area contributed by atoms with Gasteiger partial charge in [0.2, 0.25) is 0 Å². The SMILES string of the molecule is CCN(C(=O)n1nnn(-c2ccccc2OC)c1=O)c1ccc(C(=O)O)cc1. The number of para-hydroxylation sites is 2. The van der Waals surface area contributed by atoms with Gasteiger partial charge in [0.15, 0.2) is 0 Å². The summed E-state index contributed by atoms with van der Waals surface area (Å²) in [6, 6.07) is 11.7. The molecule has 0 aliphatic carbocycles. The number of ether oxygens (including phenoxy) is 1. The molecular weight excluding hydrogens is 366 g/mol. The highest BCUT2D eigenvalue weighted by atomic mass is 16.5. The molecule has 2 aromatic carbocycles. The standard InChI is InChI=1S/C18H17N5O5/c1-3-21(13-10-8-12(9-11-13)16(24)25)17(26)23-18(27)22(19-20-23)14-6-4-5-7-15(14)28-2/h4-11H,3H2,1-2H3,(H,24,25). The first kappa shape index (κ1) is 18.8. The molecule has 28 heavy (non-hydrogen) atoms. The zero-order valence-corrected chi connectivity index (χ0v) is 15.1. The van der Waals surface area contributed by atoms with Crippen molar-refractivity contribution >= 4 is 17.7 Å². The summed E-state index contributed by atoms with van der Waals surface area (Å²) in [7, 11) is 1.46. The molecule has 1 amide bonds. The molecule has 0 radical (unpaired) electrons. The first-order valence-electron chi connectivity index (χ1n) is 8.31. The van der Waals surface area contributed by atoms with Gasteiger partial charge in [-0.1, -0.05) is 12.1 Å². The molecule has 0 spiro atoms. The fourth-order valence-corrected chi connectivity index (χ4v) is 2.65. The van der Waals surface area contributed by atoms with E-state index in [1.165, 1.54) is 36.3 Å². The molecule has 10 heteroatoms. The van der Waals surface area contributed by atoms with Crippen LogP contribution in [0, 0.1) is 0 Å². The topological polar surface area (TPSA) is 120 Å². The van der Waals surface area contributed by atoms with Gasteiger partial charge in [-0.3, -0.25) is 4.90 Å². The van der Waals surface area contributed by atoms with Crippen LogP contribution >= 0.6 is 0 Å². The maximum absolute atomic E-state index is 12.8. The second-order valence-electron chi connectivity index (χ2n) is 5.64. The number of hydrogen-bond donors (Lipinski definition) is 1. The summed E-state index contributed by atoms with van der Waals surface area (Å²) < 4.78 is 6.82.